The fourth-order valence-electron chi connectivity index (χ4n) is 4.24. The molecular formula is C23H22N4OS. The SMILES string of the molecule is Cc1ccc2cc(C)c3nnc(SCC(=O)N4c5ccccc5C[C@@H]4C)n3c2c1. The van der Waals surface area contributed by atoms with Crippen LogP contribution in [0, 0.1) is 13.8 Å². The van der Waals surface area contributed by atoms with Gasteiger partial charge in [-0.05, 0) is 67.5 Å². The molecule has 0 N–H and O–H groups in total. The van der Waals surface area contributed by atoms with Crippen molar-refractivity contribution in [2.45, 2.75) is 38.4 Å². The molecule has 29 heavy (non-hydrogen) atoms. The van der Waals surface area contributed by atoms with Gasteiger partial charge in [0.1, 0.15) is 0 Å². The molecule has 5 rings (SSSR count). The van der Waals surface area contributed by atoms with Crippen LogP contribution < -0.4 is 4.90 Å². The van der Waals surface area contributed by atoms with Crippen LogP contribution in [0.1, 0.15) is 23.6 Å². The number of rotatable bonds is 3. The number of amides is 1. The number of carbonyl (C=O) groups is 1. The number of anilines is 1. The van der Waals surface area contributed by atoms with E-state index in [9.17, 15) is 4.79 Å². The fourth-order valence-corrected chi connectivity index (χ4v) is 5.05. The molecule has 2 aromatic heterocycles. The van der Waals surface area contributed by atoms with Crippen LogP contribution in [0.2, 0.25) is 0 Å². The first-order valence-corrected chi connectivity index (χ1v) is 10.8. The van der Waals surface area contributed by atoms with Crippen LogP contribution in [0.25, 0.3) is 16.6 Å². The van der Waals surface area contributed by atoms with Crippen molar-refractivity contribution >= 4 is 39.9 Å². The lowest BCUT2D eigenvalue weighted by molar-refractivity contribution is -0.116. The van der Waals surface area contributed by atoms with Gasteiger partial charge in [0.2, 0.25) is 5.91 Å². The van der Waals surface area contributed by atoms with Gasteiger partial charge in [0.15, 0.2) is 10.8 Å². The maximum absolute atomic E-state index is 13.1. The molecule has 5 nitrogen and oxygen atoms in total. The maximum Gasteiger partial charge on any atom is 0.237 e. The van der Waals surface area contributed by atoms with E-state index in [-0.39, 0.29) is 11.9 Å². The van der Waals surface area contributed by atoms with E-state index in [2.05, 4.69) is 58.8 Å². The van der Waals surface area contributed by atoms with E-state index in [1.165, 1.54) is 22.9 Å². The minimum atomic E-state index is 0.109. The van der Waals surface area contributed by atoms with Gasteiger partial charge in [-0.1, -0.05) is 42.1 Å². The zero-order valence-corrected chi connectivity index (χ0v) is 17.5. The Morgan fingerprint density at radius 2 is 1.97 bits per heavy atom. The number of nitrogens with zero attached hydrogens (tertiary/aromatic N) is 4. The van der Waals surface area contributed by atoms with Gasteiger partial charge in [-0.2, -0.15) is 0 Å². The van der Waals surface area contributed by atoms with E-state index in [1.54, 1.807) is 0 Å². The second-order valence-corrected chi connectivity index (χ2v) is 8.71. The van der Waals surface area contributed by atoms with Crippen molar-refractivity contribution in [1.82, 2.24) is 14.6 Å². The molecule has 0 saturated heterocycles. The molecular weight excluding hydrogens is 380 g/mol. The maximum atomic E-state index is 13.1. The summed E-state index contributed by atoms with van der Waals surface area (Å²) in [6.45, 7) is 6.23. The Labute approximate surface area is 173 Å². The Morgan fingerprint density at radius 3 is 2.83 bits per heavy atom. The normalized spacial score (nSPS) is 16.0. The van der Waals surface area contributed by atoms with Crippen LogP contribution in [-0.2, 0) is 11.2 Å². The number of hydrogen-bond acceptors (Lipinski definition) is 4. The van der Waals surface area contributed by atoms with Crippen LogP contribution in [0.5, 0.6) is 0 Å². The largest absolute Gasteiger partial charge is 0.308 e. The summed E-state index contributed by atoms with van der Waals surface area (Å²) in [6, 6.07) is 16.9. The van der Waals surface area contributed by atoms with Gasteiger partial charge in [-0.25, -0.2) is 0 Å². The molecule has 1 atom stereocenters. The summed E-state index contributed by atoms with van der Waals surface area (Å²) in [5.41, 5.74) is 6.46. The third-order valence-electron chi connectivity index (χ3n) is 5.59. The molecule has 1 aliphatic rings. The Kier molecular flexibility index (Phi) is 4.32. The van der Waals surface area contributed by atoms with E-state index >= 15 is 0 Å². The lowest BCUT2D eigenvalue weighted by Crippen LogP contribution is -2.37. The second-order valence-electron chi connectivity index (χ2n) is 7.77. The Hall–Kier alpha value is -2.86. The molecule has 0 radical (unpaired) electrons. The van der Waals surface area contributed by atoms with Crippen molar-refractivity contribution in [3.8, 4) is 0 Å². The van der Waals surface area contributed by atoms with Crippen LogP contribution in [0.15, 0.2) is 53.7 Å². The van der Waals surface area contributed by atoms with E-state index in [1.807, 2.05) is 30.0 Å². The first-order chi connectivity index (χ1) is 14.0. The summed E-state index contributed by atoms with van der Waals surface area (Å²) in [5, 5.41) is 10.7. The minimum absolute atomic E-state index is 0.109. The van der Waals surface area contributed by atoms with Crippen molar-refractivity contribution in [3.05, 3.63) is 65.2 Å². The van der Waals surface area contributed by atoms with Crippen molar-refractivity contribution in [3.63, 3.8) is 0 Å². The average molecular weight is 403 g/mol. The number of thioether (sulfide) groups is 1. The summed E-state index contributed by atoms with van der Waals surface area (Å²) in [6.07, 6.45) is 0.906. The van der Waals surface area contributed by atoms with Crippen molar-refractivity contribution in [1.29, 1.82) is 0 Å². The molecule has 1 aliphatic heterocycles. The summed E-state index contributed by atoms with van der Waals surface area (Å²) < 4.78 is 2.08. The molecule has 0 aliphatic carbocycles. The number of benzene rings is 2. The minimum Gasteiger partial charge on any atom is -0.308 e. The van der Waals surface area contributed by atoms with Crippen molar-refractivity contribution < 1.29 is 4.79 Å². The van der Waals surface area contributed by atoms with E-state index in [4.69, 9.17) is 0 Å². The van der Waals surface area contributed by atoms with Crippen LogP contribution in [-0.4, -0.2) is 32.3 Å². The van der Waals surface area contributed by atoms with Gasteiger partial charge in [0.05, 0.1) is 11.3 Å². The molecule has 0 unspecified atom stereocenters. The van der Waals surface area contributed by atoms with E-state index in [0.717, 1.165) is 39.4 Å². The number of aryl methyl sites for hydroxylation is 2. The van der Waals surface area contributed by atoms with Gasteiger partial charge < -0.3 is 4.90 Å². The van der Waals surface area contributed by atoms with Crippen LogP contribution >= 0.6 is 11.8 Å². The van der Waals surface area contributed by atoms with Gasteiger partial charge in [-0.15, -0.1) is 10.2 Å². The smallest absolute Gasteiger partial charge is 0.237 e. The Morgan fingerprint density at radius 1 is 1.14 bits per heavy atom. The highest BCUT2D eigenvalue weighted by atomic mass is 32.2. The lowest BCUT2D eigenvalue weighted by atomic mass is 10.1. The number of fused-ring (bicyclic) bond motifs is 4. The van der Waals surface area contributed by atoms with Crippen LogP contribution in [0.3, 0.4) is 0 Å². The van der Waals surface area contributed by atoms with E-state index < -0.39 is 0 Å². The molecule has 0 fully saturated rings. The molecule has 146 valence electrons. The molecule has 1 amide bonds. The zero-order chi connectivity index (χ0) is 20.1. The van der Waals surface area contributed by atoms with Gasteiger partial charge in [0, 0.05) is 11.7 Å². The number of pyridine rings is 1. The predicted octanol–water partition coefficient (Wildman–Crippen LogP) is 4.57. The zero-order valence-electron chi connectivity index (χ0n) is 16.7. The predicted molar refractivity (Wildman–Crippen MR) is 118 cm³/mol. The molecule has 0 spiro atoms. The fraction of sp³-hybridized carbons (Fsp3) is 0.261. The molecule has 6 heteroatoms. The number of carbonyl (C=O) groups excluding carboxylic acids is 1. The van der Waals surface area contributed by atoms with Crippen molar-refractivity contribution in [2.75, 3.05) is 10.7 Å². The summed E-state index contributed by atoms with van der Waals surface area (Å²) in [5.74, 6) is 0.443. The number of hydrogen-bond donors (Lipinski definition) is 0. The van der Waals surface area contributed by atoms with Gasteiger partial charge in [0.25, 0.3) is 0 Å². The summed E-state index contributed by atoms with van der Waals surface area (Å²) >= 11 is 1.46. The molecule has 0 bridgehead atoms. The standard InChI is InChI=1S/C23H22N4OS/c1-14-8-9-18-11-15(2)22-24-25-23(27(22)20(18)10-14)29-13-21(28)26-16(3)12-17-6-4-5-7-19(17)26/h4-11,16H,12-13H2,1-3H3/t16-/m0/s1. The summed E-state index contributed by atoms with van der Waals surface area (Å²) in [4.78, 5) is 15.0. The lowest BCUT2D eigenvalue weighted by Gasteiger charge is -2.22. The Balaban J connectivity index is 1.48. The van der Waals surface area contributed by atoms with Crippen LogP contribution in [0.4, 0.5) is 5.69 Å². The highest BCUT2D eigenvalue weighted by molar-refractivity contribution is 7.99. The van der Waals surface area contributed by atoms with E-state index in [0.29, 0.717) is 5.75 Å². The molecule has 3 heterocycles. The number of para-hydroxylation sites is 1. The van der Waals surface area contributed by atoms with Gasteiger partial charge in [-0.3, -0.25) is 9.20 Å². The highest BCUT2D eigenvalue weighted by Crippen LogP contribution is 2.33. The Bertz CT molecular complexity index is 1260. The average Bonchev–Trinajstić information content (AvgIpc) is 3.28. The summed E-state index contributed by atoms with van der Waals surface area (Å²) in [7, 11) is 0. The highest BCUT2D eigenvalue weighted by Gasteiger charge is 2.30. The quantitative estimate of drug-likeness (QED) is 0.471. The third-order valence-corrected chi connectivity index (χ3v) is 6.50. The number of aromatic nitrogens is 3. The topological polar surface area (TPSA) is 50.5 Å². The van der Waals surface area contributed by atoms with Crippen molar-refractivity contribution in [2.24, 2.45) is 0 Å². The second kappa shape index (κ2) is 6.88. The molecule has 0 saturated carbocycles. The molecule has 4 aromatic rings. The first kappa shape index (κ1) is 18.2. The molecule has 2 aromatic carbocycles. The third kappa shape index (κ3) is 2.99. The first-order valence-electron chi connectivity index (χ1n) is 9.81. The van der Waals surface area contributed by atoms with Gasteiger partial charge >= 0.3 is 0 Å². The monoisotopic (exact) mass is 402 g/mol.